The Morgan fingerprint density at radius 2 is 1.81 bits per heavy atom. The zero-order chi connectivity index (χ0) is 12.2. The largest absolute Gasteiger partial charge is 0.340 e. The van der Waals surface area contributed by atoms with Crippen LogP contribution in [-0.4, -0.2) is 7.45 Å². The lowest BCUT2D eigenvalue weighted by molar-refractivity contribution is 0.628. The van der Waals surface area contributed by atoms with Crippen LogP contribution in [0.25, 0.3) is 0 Å². The van der Waals surface area contributed by atoms with Gasteiger partial charge in [0, 0.05) is 5.69 Å². The molecule has 8 heteroatoms. The predicted octanol–water partition coefficient (Wildman–Crippen LogP) is 5.23. The third-order valence-corrected chi connectivity index (χ3v) is 5.51. The molecule has 0 bridgehead atoms. The number of hydrogen-bond donors (Lipinski definition) is 1. The van der Waals surface area contributed by atoms with Gasteiger partial charge >= 0.3 is 0 Å². The van der Waals surface area contributed by atoms with Crippen LogP contribution in [0.3, 0.4) is 0 Å². The van der Waals surface area contributed by atoms with E-state index < -0.39 is 3.12 Å². The first kappa shape index (κ1) is 14.7. The summed E-state index contributed by atoms with van der Waals surface area (Å²) < 4.78 is 11.6. The highest BCUT2D eigenvalue weighted by molar-refractivity contribution is 8.85. The minimum atomic E-state index is -1.42. The third kappa shape index (κ3) is 6.37. The van der Waals surface area contributed by atoms with Crippen LogP contribution in [0.15, 0.2) is 24.3 Å². The monoisotopic (exact) mass is 335 g/mol. The summed E-state index contributed by atoms with van der Waals surface area (Å²) in [7, 11) is 2.13. The van der Waals surface area contributed by atoms with E-state index in [1.54, 1.807) is 12.1 Å². The molecule has 0 aliphatic carbocycles. The van der Waals surface area contributed by atoms with Gasteiger partial charge in [0.2, 0.25) is 3.12 Å². The topological polar surface area (TPSA) is 12.0 Å². The molecular weight excluding hydrogens is 332 g/mol. The Morgan fingerprint density at radius 3 is 2.31 bits per heavy atom. The molecule has 1 aromatic rings. The standard InChI is InChI=1S/C8H5Cl3FNS3/c9-8(10,11)16-15-7(14)13-6-3-1-5(12)2-4-6/h1-4H,(H,13,14). The molecule has 1 nitrogen and oxygen atoms in total. The van der Waals surface area contributed by atoms with E-state index in [0.717, 1.165) is 21.6 Å². The molecule has 0 saturated carbocycles. The molecule has 0 fully saturated rings. The molecule has 0 saturated heterocycles. The Morgan fingerprint density at radius 1 is 1.25 bits per heavy atom. The highest BCUT2D eigenvalue weighted by Crippen LogP contribution is 2.46. The van der Waals surface area contributed by atoms with Crippen molar-refractivity contribution in [2.24, 2.45) is 0 Å². The first-order chi connectivity index (χ1) is 7.37. The summed E-state index contributed by atoms with van der Waals surface area (Å²) in [6.45, 7) is 0. The summed E-state index contributed by atoms with van der Waals surface area (Å²) in [6, 6.07) is 5.81. The molecule has 0 unspecified atom stereocenters. The minimum Gasteiger partial charge on any atom is -0.340 e. The van der Waals surface area contributed by atoms with Crippen LogP contribution in [0, 0.1) is 5.82 Å². The molecule has 1 N–H and O–H groups in total. The lowest BCUT2D eigenvalue weighted by atomic mass is 10.3. The summed E-state index contributed by atoms with van der Waals surface area (Å²) in [5.41, 5.74) is 0.684. The van der Waals surface area contributed by atoms with Crippen molar-refractivity contribution >= 4 is 78.6 Å². The maximum absolute atomic E-state index is 12.6. The zero-order valence-electron chi connectivity index (χ0n) is 7.55. The number of alkyl halides is 3. The van der Waals surface area contributed by atoms with Gasteiger partial charge in [0.1, 0.15) is 10.1 Å². The fourth-order valence-electron chi connectivity index (χ4n) is 0.757. The number of anilines is 1. The second-order valence-corrected chi connectivity index (χ2v) is 8.51. The second kappa shape index (κ2) is 6.52. The third-order valence-electron chi connectivity index (χ3n) is 1.30. The molecule has 0 spiro atoms. The molecule has 0 heterocycles. The van der Waals surface area contributed by atoms with Crippen LogP contribution >= 0.6 is 68.6 Å². The minimum absolute atomic E-state index is 0.306. The van der Waals surface area contributed by atoms with E-state index in [1.807, 2.05) is 0 Å². The van der Waals surface area contributed by atoms with Gasteiger partial charge in [0.15, 0.2) is 0 Å². The van der Waals surface area contributed by atoms with Crippen LogP contribution in [-0.2, 0) is 0 Å². The van der Waals surface area contributed by atoms with E-state index in [2.05, 4.69) is 5.32 Å². The van der Waals surface area contributed by atoms with E-state index in [1.165, 1.54) is 12.1 Å². The van der Waals surface area contributed by atoms with Crippen LogP contribution in [0.5, 0.6) is 0 Å². The average Bonchev–Trinajstić information content (AvgIpc) is 2.18. The maximum atomic E-state index is 12.6. The van der Waals surface area contributed by atoms with Crippen molar-refractivity contribution in [3.8, 4) is 0 Å². The van der Waals surface area contributed by atoms with Crippen molar-refractivity contribution in [2.45, 2.75) is 3.12 Å². The van der Waals surface area contributed by atoms with Crippen molar-refractivity contribution in [2.75, 3.05) is 5.32 Å². The van der Waals surface area contributed by atoms with Gasteiger partial charge in [-0.05, 0) is 45.9 Å². The van der Waals surface area contributed by atoms with Crippen LogP contribution in [0.4, 0.5) is 10.1 Å². The summed E-state index contributed by atoms with van der Waals surface area (Å²) >= 11 is 21.6. The number of halogens is 4. The van der Waals surface area contributed by atoms with Crippen LogP contribution in [0.2, 0.25) is 0 Å². The Hall–Kier alpha value is 0.610. The first-order valence-electron chi connectivity index (χ1n) is 3.86. The molecule has 1 aromatic carbocycles. The van der Waals surface area contributed by atoms with Gasteiger partial charge < -0.3 is 5.32 Å². The normalized spacial score (nSPS) is 11.2. The average molecular weight is 337 g/mol. The SMILES string of the molecule is Fc1ccc(NC(=S)SSC(Cl)(Cl)Cl)cc1. The number of benzene rings is 1. The van der Waals surface area contributed by atoms with E-state index in [9.17, 15) is 4.39 Å². The van der Waals surface area contributed by atoms with E-state index in [-0.39, 0.29) is 5.82 Å². The van der Waals surface area contributed by atoms with Crippen molar-refractivity contribution in [3.05, 3.63) is 30.1 Å². The zero-order valence-corrected chi connectivity index (χ0v) is 12.3. The van der Waals surface area contributed by atoms with Gasteiger partial charge in [-0.1, -0.05) is 47.0 Å². The van der Waals surface area contributed by atoms with Gasteiger partial charge in [-0.3, -0.25) is 0 Å². The molecule has 0 radical (unpaired) electrons. The smallest absolute Gasteiger partial charge is 0.247 e. The highest BCUT2D eigenvalue weighted by Gasteiger charge is 2.21. The molecule has 88 valence electrons. The Labute approximate surface area is 121 Å². The van der Waals surface area contributed by atoms with Gasteiger partial charge in [0.25, 0.3) is 0 Å². The molecule has 0 aliphatic heterocycles. The number of rotatable bonds is 2. The van der Waals surface area contributed by atoms with Crippen LogP contribution < -0.4 is 5.32 Å². The maximum Gasteiger partial charge on any atom is 0.247 e. The van der Waals surface area contributed by atoms with Gasteiger partial charge in [-0.15, -0.1) is 0 Å². The Kier molecular flexibility index (Phi) is 5.98. The van der Waals surface area contributed by atoms with Gasteiger partial charge in [-0.25, -0.2) is 4.39 Å². The highest BCUT2D eigenvalue weighted by atomic mass is 35.6. The lowest BCUT2D eigenvalue weighted by Gasteiger charge is -2.10. The molecule has 0 amide bonds. The summed E-state index contributed by atoms with van der Waals surface area (Å²) in [6.07, 6.45) is 0. The van der Waals surface area contributed by atoms with Crippen molar-refractivity contribution in [1.29, 1.82) is 0 Å². The van der Waals surface area contributed by atoms with Gasteiger partial charge in [0.05, 0.1) is 0 Å². The fraction of sp³-hybridized carbons (Fsp3) is 0.125. The molecule has 0 aromatic heterocycles. The van der Waals surface area contributed by atoms with Crippen molar-refractivity contribution in [3.63, 3.8) is 0 Å². The molecule has 16 heavy (non-hydrogen) atoms. The summed E-state index contributed by atoms with van der Waals surface area (Å²) in [5.74, 6) is -0.306. The quantitative estimate of drug-likeness (QED) is 0.450. The number of thiocarbonyl (C=S) groups is 1. The van der Waals surface area contributed by atoms with E-state index in [0.29, 0.717) is 10.0 Å². The number of nitrogens with one attached hydrogen (secondary N) is 1. The van der Waals surface area contributed by atoms with Gasteiger partial charge in [-0.2, -0.15) is 0 Å². The van der Waals surface area contributed by atoms with E-state index in [4.69, 9.17) is 47.0 Å². The van der Waals surface area contributed by atoms with E-state index >= 15 is 0 Å². The van der Waals surface area contributed by atoms with Crippen molar-refractivity contribution < 1.29 is 4.39 Å². The van der Waals surface area contributed by atoms with Crippen LogP contribution in [0.1, 0.15) is 0 Å². The summed E-state index contributed by atoms with van der Waals surface area (Å²) in [5, 5.41) is 2.87. The second-order valence-electron chi connectivity index (χ2n) is 2.53. The lowest BCUT2D eigenvalue weighted by Crippen LogP contribution is -2.04. The molecule has 0 aliphatic rings. The Bertz CT molecular complexity index is 366. The predicted molar refractivity (Wildman–Crippen MR) is 78.1 cm³/mol. The molecule has 0 atom stereocenters. The fourth-order valence-corrected chi connectivity index (χ4v) is 3.00. The Balaban J connectivity index is 2.43. The van der Waals surface area contributed by atoms with Crippen molar-refractivity contribution in [1.82, 2.24) is 0 Å². The first-order valence-corrected chi connectivity index (χ1v) is 7.55. The summed E-state index contributed by atoms with van der Waals surface area (Å²) in [4.78, 5) is 0. The molecule has 1 rings (SSSR count). The molecular formula is C8H5Cl3FNS3. The number of hydrogen-bond acceptors (Lipinski definition) is 3.